The van der Waals surface area contributed by atoms with Crippen molar-refractivity contribution in [2.75, 3.05) is 11.9 Å². The maximum atomic E-state index is 13.7. The summed E-state index contributed by atoms with van der Waals surface area (Å²) in [5.74, 6) is -0.248. The van der Waals surface area contributed by atoms with Crippen molar-refractivity contribution < 1.29 is 4.39 Å². The molecule has 1 atom stereocenters. The summed E-state index contributed by atoms with van der Waals surface area (Å²) in [6.07, 6.45) is 0. The van der Waals surface area contributed by atoms with Gasteiger partial charge in [-0.1, -0.05) is 19.9 Å². The fraction of sp³-hybridized carbons (Fsp3) is 0.462. The fourth-order valence-corrected chi connectivity index (χ4v) is 1.74. The van der Waals surface area contributed by atoms with Gasteiger partial charge >= 0.3 is 0 Å². The van der Waals surface area contributed by atoms with Gasteiger partial charge in [0.1, 0.15) is 11.7 Å². The van der Waals surface area contributed by atoms with Crippen LogP contribution in [-0.4, -0.2) is 18.9 Å². The summed E-state index contributed by atoms with van der Waals surface area (Å²) in [6.45, 7) is 6.28. The third-order valence-corrected chi connectivity index (χ3v) is 3.22. The number of nitrogen functional groups attached to an aromatic ring is 1. The zero-order valence-electron chi connectivity index (χ0n) is 10.8. The number of nitrogens with two attached hydrogens (primary N) is 1. The van der Waals surface area contributed by atoms with Gasteiger partial charge in [-0.3, -0.25) is 5.41 Å². The molecule has 1 unspecified atom stereocenters. The summed E-state index contributed by atoms with van der Waals surface area (Å²) in [6, 6.07) is 5.00. The SMILES string of the molecule is CC(C)C(C)N(C)c1cccc(F)c1C(=N)N. The Bertz CT molecular complexity index is 415. The molecule has 4 heteroatoms. The topological polar surface area (TPSA) is 53.1 Å². The highest BCUT2D eigenvalue weighted by atomic mass is 19.1. The van der Waals surface area contributed by atoms with Crippen molar-refractivity contribution in [2.45, 2.75) is 26.8 Å². The van der Waals surface area contributed by atoms with E-state index in [-0.39, 0.29) is 17.4 Å². The molecule has 0 radical (unpaired) electrons. The van der Waals surface area contributed by atoms with E-state index >= 15 is 0 Å². The number of hydrogen-bond donors (Lipinski definition) is 2. The molecule has 0 aromatic heterocycles. The van der Waals surface area contributed by atoms with Gasteiger partial charge in [0.2, 0.25) is 0 Å². The Labute approximate surface area is 102 Å². The molecule has 0 aliphatic rings. The first-order valence-electron chi connectivity index (χ1n) is 5.72. The standard InChI is InChI=1S/C13H20FN3/c1-8(2)9(3)17(4)11-7-5-6-10(14)12(11)13(15)16/h5-9H,1-4H3,(H3,15,16). The fourth-order valence-electron chi connectivity index (χ4n) is 1.74. The Hall–Kier alpha value is -1.58. The summed E-state index contributed by atoms with van der Waals surface area (Å²) in [4.78, 5) is 1.96. The van der Waals surface area contributed by atoms with E-state index in [1.54, 1.807) is 12.1 Å². The Morgan fingerprint density at radius 3 is 2.41 bits per heavy atom. The quantitative estimate of drug-likeness (QED) is 0.624. The molecular formula is C13H20FN3. The molecule has 1 aromatic carbocycles. The van der Waals surface area contributed by atoms with Gasteiger partial charge in [0, 0.05) is 13.1 Å². The number of amidine groups is 1. The highest BCUT2D eigenvalue weighted by Crippen LogP contribution is 2.25. The molecule has 17 heavy (non-hydrogen) atoms. The normalized spacial score (nSPS) is 12.6. The minimum Gasteiger partial charge on any atom is -0.384 e. The minimum absolute atomic E-state index is 0.183. The van der Waals surface area contributed by atoms with Crippen LogP contribution in [0.4, 0.5) is 10.1 Å². The van der Waals surface area contributed by atoms with Gasteiger partial charge in [-0.15, -0.1) is 0 Å². The predicted octanol–water partition coefficient (Wildman–Crippen LogP) is 2.59. The lowest BCUT2D eigenvalue weighted by Gasteiger charge is -2.31. The number of benzene rings is 1. The van der Waals surface area contributed by atoms with Crippen molar-refractivity contribution >= 4 is 11.5 Å². The van der Waals surface area contributed by atoms with Gasteiger partial charge in [0.25, 0.3) is 0 Å². The smallest absolute Gasteiger partial charge is 0.136 e. The molecular weight excluding hydrogens is 217 g/mol. The van der Waals surface area contributed by atoms with Gasteiger partial charge in [0.15, 0.2) is 0 Å². The van der Waals surface area contributed by atoms with Crippen LogP contribution in [0.5, 0.6) is 0 Å². The van der Waals surface area contributed by atoms with Gasteiger partial charge < -0.3 is 10.6 Å². The molecule has 0 saturated heterocycles. The number of nitrogens with zero attached hydrogens (tertiary/aromatic N) is 1. The molecule has 0 amide bonds. The van der Waals surface area contributed by atoms with E-state index in [0.717, 1.165) is 0 Å². The van der Waals surface area contributed by atoms with E-state index in [1.807, 2.05) is 11.9 Å². The molecule has 0 bridgehead atoms. The molecule has 0 spiro atoms. The summed E-state index contributed by atoms with van der Waals surface area (Å²) in [5.41, 5.74) is 6.29. The Balaban J connectivity index is 3.22. The average molecular weight is 237 g/mol. The summed E-state index contributed by atoms with van der Waals surface area (Å²) in [7, 11) is 1.89. The first-order valence-corrected chi connectivity index (χ1v) is 5.72. The van der Waals surface area contributed by atoms with Crippen LogP contribution in [-0.2, 0) is 0 Å². The van der Waals surface area contributed by atoms with E-state index in [4.69, 9.17) is 11.1 Å². The number of anilines is 1. The third-order valence-electron chi connectivity index (χ3n) is 3.22. The number of rotatable bonds is 4. The molecule has 94 valence electrons. The van der Waals surface area contributed by atoms with E-state index in [9.17, 15) is 4.39 Å². The lowest BCUT2D eigenvalue weighted by atomic mass is 10.0. The summed E-state index contributed by atoms with van der Waals surface area (Å²) in [5, 5.41) is 7.47. The lowest BCUT2D eigenvalue weighted by Crippen LogP contribution is -2.35. The van der Waals surface area contributed by atoms with Crippen LogP contribution in [0, 0.1) is 17.1 Å². The second kappa shape index (κ2) is 5.17. The zero-order valence-corrected chi connectivity index (χ0v) is 10.8. The van der Waals surface area contributed by atoms with Crippen molar-refractivity contribution in [1.82, 2.24) is 0 Å². The van der Waals surface area contributed by atoms with Crippen LogP contribution in [0.25, 0.3) is 0 Å². The Morgan fingerprint density at radius 1 is 1.35 bits per heavy atom. The summed E-state index contributed by atoms with van der Waals surface area (Å²) < 4.78 is 13.7. The molecule has 1 rings (SSSR count). The molecule has 1 aromatic rings. The Kier molecular flexibility index (Phi) is 4.10. The summed E-state index contributed by atoms with van der Waals surface area (Å²) >= 11 is 0. The number of hydrogen-bond acceptors (Lipinski definition) is 2. The second-order valence-electron chi connectivity index (χ2n) is 4.64. The highest BCUT2D eigenvalue weighted by molar-refractivity contribution is 6.00. The second-order valence-corrected chi connectivity index (χ2v) is 4.64. The van der Waals surface area contributed by atoms with Gasteiger partial charge in [-0.05, 0) is 25.0 Å². The van der Waals surface area contributed by atoms with Crippen molar-refractivity contribution in [3.05, 3.63) is 29.6 Å². The van der Waals surface area contributed by atoms with Gasteiger partial charge in [-0.25, -0.2) is 4.39 Å². The van der Waals surface area contributed by atoms with Crippen molar-refractivity contribution in [1.29, 1.82) is 5.41 Å². The van der Waals surface area contributed by atoms with Crippen molar-refractivity contribution in [3.63, 3.8) is 0 Å². The van der Waals surface area contributed by atoms with Crippen molar-refractivity contribution in [2.24, 2.45) is 11.7 Å². The average Bonchev–Trinajstić information content (AvgIpc) is 2.25. The van der Waals surface area contributed by atoms with Crippen LogP contribution >= 0.6 is 0 Å². The molecule has 3 N–H and O–H groups in total. The lowest BCUT2D eigenvalue weighted by molar-refractivity contribution is 0.504. The first kappa shape index (κ1) is 13.5. The van der Waals surface area contributed by atoms with Crippen LogP contribution in [0.3, 0.4) is 0 Å². The Morgan fingerprint density at radius 2 is 1.94 bits per heavy atom. The van der Waals surface area contributed by atoms with Crippen LogP contribution < -0.4 is 10.6 Å². The van der Waals surface area contributed by atoms with Gasteiger partial charge in [-0.2, -0.15) is 0 Å². The van der Waals surface area contributed by atoms with E-state index in [2.05, 4.69) is 20.8 Å². The number of nitrogens with one attached hydrogen (secondary N) is 1. The predicted molar refractivity (Wildman–Crippen MR) is 70.1 cm³/mol. The van der Waals surface area contributed by atoms with Crippen LogP contribution in [0.2, 0.25) is 0 Å². The highest BCUT2D eigenvalue weighted by Gasteiger charge is 2.19. The zero-order chi connectivity index (χ0) is 13.2. The first-order chi connectivity index (χ1) is 7.86. The molecule has 0 aliphatic carbocycles. The minimum atomic E-state index is -0.446. The molecule has 3 nitrogen and oxygen atoms in total. The maximum Gasteiger partial charge on any atom is 0.136 e. The van der Waals surface area contributed by atoms with Crippen LogP contribution in [0.15, 0.2) is 18.2 Å². The number of halogens is 1. The maximum absolute atomic E-state index is 13.7. The molecule has 0 heterocycles. The van der Waals surface area contributed by atoms with E-state index in [1.165, 1.54) is 6.07 Å². The largest absolute Gasteiger partial charge is 0.384 e. The molecule has 0 aliphatic heterocycles. The van der Waals surface area contributed by atoms with Gasteiger partial charge in [0.05, 0.1) is 11.3 Å². The molecule has 0 fully saturated rings. The van der Waals surface area contributed by atoms with E-state index in [0.29, 0.717) is 11.6 Å². The monoisotopic (exact) mass is 237 g/mol. The van der Waals surface area contributed by atoms with Crippen LogP contribution in [0.1, 0.15) is 26.3 Å². The van der Waals surface area contributed by atoms with E-state index < -0.39 is 5.82 Å². The third kappa shape index (κ3) is 2.75. The molecule has 0 saturated carbocycles. The van der Waals surface area contributed by atoms with Crippen molar-refractivity contribution in [3.8, 4) is 0 Å².